The molecular formula is C25H22ClN3O2. The van der Waals surface area contributed by atoms with Gasteiger partial charge in [-0.05, 0) is 56.3 Å². The molecule has 0 spiro atoms. The second kappa shape index (κ2) is 8.36. The van der Waals surface area contributed by atoms with Crippen molar-refractivity contribution in [3.8, 4) is 5.69 Å². The van der Waals surface area contributed by atoms with Crippen molar-refractivity contribution < 1.29 is 4.79 Å². The van der Waals surface area contributed by atoms with Crippen LogP contribution in [0.5, 0.6) is 0 Å². The van der Waals surface area contributed by atoms with Crippen LogP contribution in [0, 0.1) is 6.92 Å². The molecule has 1 atom stereocenters. The zero-order valence-corrected chi connectivity index (χ0v) is 18.3. The Labute approximate surface area is 185 Å². The highest BCUT2D eigenvalue weighted by molar-refractivity contribution is 6.31. The number of amides is 1. The number of hydrogen-bond donors (Lipinski definition) is 0. The van der Waals surface area contributed by atoms with Crippen LogP contribution >= 0.6 is 11.6 Å². The van der Waals surface area contributed by atoms with E-state index in [9.17, 15) is 9.59 Å². The van der Waals surface area contributed by atoms with E-state index >= 15 is 0 Å². The van der Waals surface area contributed by atoms with Gasteiger partial charge in [0.1, 0.15) is 5.82 Å². The van der Waals surface area contributed by atoms with Gasteiger partial charge in [-0.2, -0.15) is 0 Å². The second-order valence-corrected chi connectivity index (χ2v) is 8.00. The molecule has 3 aromatic carbocycles. The molecule has 1 aromatic heterocycles. The lowest BCUT2D eigenvalue weighted by Crippen LogP contribution is -2.34. The molecule has 0 aliphatic heterocycles. The summed E-state index contributed by atoms with van der Waals surface area (Å²) in [6.07, 6.45) is 0. The van der Waals surface area contributed by atoms with Crippen LogP contribution in [0.4, 0.5) is 0 Å². The Kier molecular flexibility index (Phi) is 5.61. The largest absolute Gasteiger partial charge is 0.332 e. The number of hydrogen-bond acceptors (Lipinski definition) is 3. The van der Waals surface area contributed by atoms with Crippen molar-refractivity contribution in [2.75, 3.05) is 7.05 Å². The Morgan fingerprint density at radius 1 is 1.03 bits per heavy atom. The highest BCUT2D eigenvalue weighted by atomic mass is 35.5. The third kappa shape index (κ3) is 3.97. The van der Waals surface area contributed by atoms with Crippen LogP contribution in [0.3, 0.4) is 0 Å². The van der Waals surface area contributed by atoms with Crippen molar-refractivity contribution in [2.24, 2.45) is 0 Å². The first-order valence-electron chi connectivity index (χ1n) is 9.98. The molecule has 156 valence electrons. The van der Waals surface area contributed by atoms with Gasteiger partial charge in [0.15, 0.2) is 0 Å². The van der Waals surface area contributed by atoms with Gasteiger partial charge in [-0.15, -0.1) is 0 Å². The summed E-state index contributed by atoms with van der Waals surface area (Å²) in [5, 5.41) is 0.970. The molecular weight excluding hydrogens is 410 g/mol. The fraction of sp³-hybridized carbons (Fsp3) is 0.160. The topological polar surface area (TPSA) is 55.2 Å². The minimum absolute atomic E-state index is 0.149. The fourth-order valence-corrected chi connectivity index (χ4v) is 3.70. The summed E-state index contributed by atoms with van der Waals surface area (Å²) in [6.45, 7) is 3.85. The van der Waals surface area contributed by atoms with E-state index in [0.29, 0.717) is 33.0 Å². The van der Waals surface area contributed by atoms with Crippen molar-refractivity contribution in [1.82, 2.24) is 14.5 Å². The summed E-state index contributed by atoms with van der Waals surface area (Å²) in [6, 6.07) is 21.3. The number of carbonyl (C=O) groups is 1. The molecule has 0 aliphatic carbocycles. The Hall–Kier alpha value is -3.44. The first-order valence-corrected chi connectivity index (χ1v) is 10.4. The van der Waals surface area contributed by atoms with E-state index in [1.165, 1.54) is 0 Å². The maximum atomic E-state index is 13.5. The smallest absolute Gasteiger partial charge is 0.266 e. The molecule has 0 fully saturated rings. The third-order valence-corrected chi connectivity index (χ3v) is 5.68. The average molecular weight is 432 g/mol. The Morgan fingerprint density at radius 3 is 2.39 bits per heavy atom. The van der Waals surface area contributed by atoms with Gasteiger partial charge in [-0.1, -0.05) is 47.5 Å². The molecule has 0 aliphatic rings. The minimum atomic E-state index is -0.468. The van der Waals surface area contributed by atoms with E-state index < -0.39 is 6.04 Å². The lowest BCUT2D eigenvalue weighted by Gasteiger charge is -2.27. The standard InChI is InChI=1S/C25H22ClN3O2/c1-16-9-12-20(13-10-16)29-23(27-22-15-19(26)11-14-21(22)25(29)31)17(2)28(3)24(30)18-7-5-4-6-8-18/h4-15,17H,1-3H3. The number of aromatic nitrogens is 2. The normalized spacial score (nSPS) is 12.0. The molecule has 4 rings (SSSR count). The Balaban J connectivity index is 1.90. The number of nitrogens with zero attached hydrogens (tertiary/aromatic N) is 3. The van der Waals surface area contributed by atoms with Crippen LogP contribution in [0.15, 0.2) is 77.6 Å². The van der Waals surface area contributed by atoms with Gasteiger partial charge in [-0.25, -0.2) is 4.98 Å². The van der Waals surface area contributed by atoms with Gasteiger partial charge < -0.3 is 4.90 Å². The molecule has 6 heteroatoms. The number of aryl methyl sites for hydroxylation is 1. The molecule has 0 bridgehead atoms. The van der Waals surface area contributed by atoms with Gasteiger partial charge in [0.25, 0.3) is 11.5 Å². The molecule has 4 aromatic rings. The molecule has 0 saturated carbocycles. The van der Waals surface area contributed by atoms with Crippen LogP contribution in [-0.2, 0) is 0 Å². The molecule has 1 heterocycles. The van der Waals surface area contributed by atoms with Gasteiger partial charge >= 0.3 is 0 Å². The van der Waals surface area contributed by atoms with Crippen LogP contribution < -0.4 is 5.56 Å². The summed E-state index contributed by atoms with van der Waals surface area (Å²) in [7, 11) is 1.72. The van der Waals surface area contributed by atoms with Gasteiger partial charge in [0.05, 0.1) is 22.6 Å². The first kappa shape index (κ1) is 20.8. The predicted octanol–water partition coefficient (Wildman–Crippen LogP) is 5.18. The predicted molar refractivity (Wildman–Crippen MR) is 124 cm³/mol. The highest BCUT2D eigenvalue weighted by Gasteiger charge is 2.25. The number of carbonyl (C=O) groups excluding carboxylic acids is 1. The summed E-state index contributed by atoms with van der Waals surface area (Å²) in [4.78, 5) is 32.9. The van der Waals surface area contributed by atoms with E-state index in [1.54, 1.807) is 46.8 Å². The summed E-state index contributed by atoms with van der Waals surface area (Å²) < 4.78 is 1.58. The zero-order chi connectivity index (χ0) is 22.1. The van der Waals surface area contributed by atoms with Crippen molar-refractivity contribution in [3.63, 3.8) is 0 Å². The van der Waals surface area contributed by atoms with E-state index in [2.05, 4.69) is 0 Å². The van der Waals surface area contributed by atoms with Crippen molar-refractivity contribution in [1.29, 1.82) is 0 Å². The van der Waals surface area contributed by atoms with Crippen LogP contribution in [0.25, 0.3) is 16.6 Å². The maximum Gasteiger partial charge on any atom is 0.266 e. The molecule has 5 nitrogen and oxygen atoms in total. The SMILES string of the molecule is Cc1ccc(-n2c(C(C)N(C)C(=O)c3ccccc3)nc3cc(Cl)ccc3c2=O)cc1. The average Bonchev–Trinajstić information content (AvgIpc) is 2.78. The maximum absolute atomic E-state index is 13.5. The van der Waals surface area contributed by atoms with Crippen LogP contribution in [0.1, 0.15) is 34.7 Å². The van der Waals surface area contributed by atoms with E-state index in [1.807, 2.05) is 56.3 Å². The molecule has 1 unspecified atom stereocenters. The van der Waals surface area contributed by atoms with Gasteiger partial charge in [-0.3, -0.25) is 14.2 Å². The third-order valence-electron chi connectivity index (χ3n) is 5.45. The number of halogens is 1. The zero-order valence-electron chi connectivity index (χ0n) is 17.5. The number of fused-ring (bicyclic) bond motifs is 1. The lowest BCUT2D eigenvalue weighted by molar-refractivity contribution is 0.0735. The Morgan fingerprint density at radius 2 is 1.71 bits per heavy atom. The summed E-state index contributed by atoms with van der Waals surface area (Å²) >= 11 is 6.16. The van der Waals surface area contributed by atoms with E-state index in [-0.39, 0.29) is 11.5 Å². The van der Waals surface area contributed by atoms with E-state index in [0.717, 1.165) is 5.56 Å². The number of benzene rings is 3. The molecule has 0 radical (unpaired) electrons. The van der Waals surface area contributed by atoms with E-state index in [4.69, 9.17) is 16.6 Å². The van der Waals surface area contributed by atoms with Gasteiger partial charge in [0.2, 0.25) is 0 Å². The first-order chi connectivity index (χ1) is 14.9. The highest BCUT2D eigenvalue weighted by Crippen LogP contribution is 2.24. The molecule has 0 saturated heterocycles. The van der Waals surface area contributed by atoms with Crippen molar-refractivity contribution in [2.45, 2.75) is 19.9 Å². The molecule has 0 N–H and O–H groups in total. The number of rotatable bonds is 4. The Bertz CT molecular complexity index is 1310. The van der Waals surface area contributed by atoms with Crippen molar-refractivity contribution in [3.05, 3.63) is 105 Å². The molecule has 1 amide bonds. The minimum Gasteiger partial charge on any atom is -0.332 e. The summed E-state index contributed by atoms with van der Waals surface area (Å²) in [5.41, 5.74) is 2.66. The van der Waals surface area contributed by atoms with Crippen LogP contribution in [-0.4, -0.2) is 27.4 Å². The van der Waals surface area contributed by atoms with Gasteiger partial charge in [0, 0.05) is 17.6 Å². The summed E-state index contributed by atoms with van der Waals surface area (Å²) in [5.74, 6) is 0.319. The quantitative estimate of drug-likeness (QED) is 0.447. The van der Waals surface area contributed by atoms with Crippen molar-refractivity contribution >= 4 is 28.4 Å². The lowest BCUT2D eigenvalue weighted by atomic mass is 10.1. The van der Waals surface area contributed by atoms with Crippen LogP contribution in [0.2, 0.25) is 5.02 Å². The second-order valence-electron chi connectivity index (χ2n) is 7.57. The fourth-order valence-electron chi connectivity index (χ4n) is 3.53. The molecule has 31 heavy (non-hydrogen) atoms. The monoisotopic (exact) mass is 431 g/mol.